The van der Waals surface area contributed by atoms with Gasteiger partial charge in [0, 0.05) is 13.2 Å². The summed E-state index contributed by atoms with van der Waals surface area (Å²) in [6.45, 7) is 0. The van der Waals surface area contributed by atoms with Crippen LogP contribution in [-0.2, 0) is 4.74 Å². The molecule has 0 N–H and O–H groups in total. The van der Waals surface area contributed by atoms with Gasteiger partial charge in [-0.1, -0.05) is 0 Å². The number of ketones is 1. The van der Waals surface area contributed by atoms with Crippen molar-refractivity contribution in [2.45, 2.75) is 43.8 Å². The van der Waals surface area contributed by atoms with Crippen molar-refractivity contribution in [3.63, 3.8) is 0 Å². The Labute approximate surface area is 111 Å². The van der Waals surface area contributed by atoms with E-state index < -0.39 is 5.60 Å². The highest BCUT2D eigenvalue weighted by Crippen LogP contribution is 2.42. The highest BCUT2D eigenvalue weighted by atomic mass is 19.1. The number of halogens is 1. The Morgan fingerprint density at radius 1 is 1.37 bits per heavy atom. The van der Waals surface area contributed by atoms with Crippen LogP contribution in [0.25, 0.3) is 0 Å². The van der Waals surface area contributed by atoms with E-state index in [4.69, 9.17) is 9.47 Å². The molecule has 0 saturated heterocycles. The summed E-state index contributed by atoms with van der Waals surface area (Å²) in [6.07, 6.45) is 3.98. The maximum absolute atomic E-state index is 13.3. The lowest BCUT2D eigenvalue weighted by Gasteiger charge is -2.42. The number of carbonyl (C=O) groups excluding carboxylic acids is 1. The lowest BCUT2D eigenvalue weighted by atomic mass is 9.77. The molecule has 3 nitrogen and oxygen atoms in total. The van der Waals surface area contributed by atoms with Gasteiger partial charge in [-0.25, -0.2) is 4.39 Å². The molecule has 1 spiro atoms. The van der Waals surface area contributed by atoms with Crippen LogP contribution in [-0.4, -0.2) is 24.6 Å². The maximum Gasteiger partial charge on any atom is 0.170 e. The number of hydrogen-bond donors (Lipinski definition) is 0. The normalized spacial score (nSPS) is 30.0. The summed E-state index contributed by atoms with van der Waals surface area (Å²) in [5.74, 6) is 0.0819. The quantitative estimate of drug-likeness (QED) is 0.781. The van der Waals surface area contributed by atoms with Crippen molar-refractivity contribution >= 4 is 5.78 Å². The second-order valence-corrected chi connectivity index (χ2v) is 5.46. The maximum atomic E-state index is 13.3. The smallest absolute Gasteiger partial charge is 0.170 e. The van der Waals surface area contributed by atoms with Gasteiger partial charge in [0.05, 0.1) is 18.1 Å². The standard InChI is InChI=1S/C15H17FO3/c1-18-11-4-6-15(7-5-11)9-13(17)12-3-2-10(16)8-14(12)19-15/h2-3,8,11H,4-7,9H2,1H3. The molecule has 1 aromatic rings. The molecule has 1 aromatic carbocycles. The van der Waals surface area contributed by atoms with Crippen LogP contribution < -0.4 is 4.74 Å². The number of methoxy groups -OCH3 is 1. The van der Waals surface area contributed by atoms with E-state index in [9.17, 15) is 9.18 Å². The third-order valence-electron chi connectivity index (χ3n) is 4.23. The van der Waals surface area contributed by atoms with E-state index in [2.05, 4.69) is 0 Å². The van der Waals surface area contributed by atoms with Gasteiger partial charge in [0.2, 0.25) is 0 Å². The monoisotopic (exact) mass is 264 g/mol. The molecular formula is C15H17FO3. The molecule has 102 valence electrons. The number of Topliss-reactive ketones (excluding diaryl/α,β-unsaturated/α-hetero) is 1. The van der Waals surface area contributed by atoms with E-state index >= 15 is 0 Å². The first-order valence-electron chi connectivity index (χ1n) is 6.66. The number of carbonyl (C=O) groups is 1. The van der Waals surface area contributed by atoms with E-state index in [1.54, 1.807) is 7.11 Å². The predicted molar refractivity (Wildman–Crippen MR) is 68.0 cm³/mol. The SMILES string of the molecule is COC1CCC2(CC1)CC(=O)c1ccc(F)cc1O2. The summed E-state index contributed by atoms with van der Waals surface area (Å²) < 4.78 is 24.6. The average molecular weight is 264 g/mol. The van der Waals surface area contributed by atoms with Crippen LogP contribution in [0.2, 0.25) is 0 Å². The van der Waals surface area contributed by atoms with Gasteiger partial charge in [0.15, 0.2) is 5.78 Å². The fraction of sp³-hybridized carbons (Fsp3) is 0.533. The van der Waals surface area contributed by atoms with Gasteiger partial charge < -0.3 is 9.47 Å². The molecule has 0 atom stereocenters. The van der Waals surface area contributed by atoms with Gasteiger partial charge in [-0.05, 0) is 37.8 Å². The van der Waals surface area contributed by atoms with Crippen molar-refractivity contribution in [3.8, 4) is 5.75 Å². The lowest BCUT2D eigenvalue weighted by Crippen LogP contribution is -2.46. The summed E-state index contributed by atoms with van der Waals surface area (Å²) in [6, 6.07) is 4.14. The van der Waals surface area contributed by atoms with Crippen LogP contribution >= 0.6 is 0 Å². The molecule has 0 amide bonds. The Morgan fingerprint density at radius 2 is 2.11 bits per heavy atom. The van der Waals surface area contributed by atoms with Gasteiger partial charge in [0.25, 0.3) is 0 Å². The third-order valence-corrected chi connectivity index (χ3v) is 4.23. The van der Waals surface area contributed by atoms with Crippen LogP contribution in [0.3, 0.4) is 0 Å². The van der Waals surface area contributed by atoms with Crippen molar-refractivity contribution in [1.82, 2.24) is 0 Å². The molecule has 0 radical (unpaired) electrons. The summed E-state index contributed by atoms with van der Waals surface area (Å²) in [5, 5.41) is 0. The minimum Gasteiger partial charge on any atom is -0.486 e. The Kier molecular flexibility index (Phi) is 3.05. The molecule has 1 fully saturated rings. The average Bonchev–Trinajstić information content (AvgIpc) is 2.39. The van der Waals surface area contributed by atoms with Crippen LogP contribution in [0.15, 0.2) is 18.2 Å². The number of hydrogen-bond acceptors (Lipinski definition) is 3. The van der Waals surface area contributed by atoms with Crippen molar-refractivity contribution < 1.29 is 18.7 Å². The zero-order chi connectivity index (χ0) is 13.5. The van der Waals surface area contributed by atoms with Crippen LogP contribution in [0, 0.1) is 5.82 Å². The van der Waals surface area contributed by atoms with Gasteiger partial charge in [-0.15, -0.1) is 0 Å². The summed E-state index contributed by atoms with van der Waals surface area (Å²) in [4.78, 5) is 12.2. The van der Waals surface area contributed by atoms with Crippen molar-refractivity contribution in [3.05, 3.63) is 29.6 Å². The molecule has 1 aliphatic carbocycles. The number of fused-ring (bicyclic) bond motifs is 1. The summed E-state index contributed by atoms with van der Waals surface area (Å²) >= 11 is 0. The fourth-order valence-electron chi connectivity index (χ4n) is 3.10. The van der Waals surface area contributed by atoms with Gasteiger partial charge in [0.1, 0.15) is 17.2 Å². The van der Waals surface area contributed by atoms with Gasteiger partial charge in [-0.3, -0.25) is 4.79 Å². The van der Waals surface area contributed by atoms with E-state index in [-0.39, 0.29) is 17.7 Å². The Morgan fingerprint density at radius 3 is 2.79 bits per heavy atom. The Balaban J connectivity index is 1.86. The molecule has 0 aromatic heterocycles. The second-order valence-electron chi connectivity index (χ2n) is 5.46. The van der Waals surface area contributed by atoms with E-state index in [1.807, 2.05) is 0 Å². The Hall–Kier alpha value is -1.42. The molecule has 2 aliphatic rings. The van der Waals surface area contributed by atoms with Gasteiger partial charge in [-0.2, -0.15) is 0 Å². The number of benzene rings is 1. The zero-order valence-corrected chi connectivity index (χ0v) is 10.9. The predicted octanol–water partition coefficient (Wildman–Crippen LogP) is 3.12. The van der Waals surface area contributed by atoms with Crippen molar-refractivity contribution in [2.24, 2.45) is 0 Å². The first-order valence-corrected chi connectivity index (χ1v) is 6.66. The fourth-order valence-corrected chi connectivity index (χ4v) is 3.10. The highest BCUT2D eigenvalue weighted by Gasteiger charge is 2.43. The minimum atomic E-state index is -0.451. The van der Waals surface area contributed by atoms with Crippen LogP contribution in [0.1, 0.15) is 42.5 Å². The summed E-state index contributed by atoms with van der Waals surface area (Å²) in [7, 11) is 1.71. The van der Waals surface area contributed by atoms with Crippen LogP contribution in [0.5, 0.6) is 5.75 Å². The molecule has 0 unspecified atom stereocenters. The Bertz CT molecular complexity index is 504. The first kappa shape index (κ1) is 12.6. The van der Waals surface area contributed by atoms with E-state index in [0.29, 0.717) is 17.7 Å². The number of ether oxygens (including phenoxy) is 2. The van der Waals surface area contributed by atoms with Crippen molar-refractivity contribution in [2.75, 3.05) is 7.11 Å². The third kappa shape index (κ3) is 2.25. The largest absolute Gasteiger partial charge is 0.486 e. The summed E-state index contributed by atoms with van der Waals surface area (Å²) in [5.41, 5.74) is 0.0493. The highest BCUT2D eigenvalue weighted by molar-refractivity contribution is 6.00. The molecule has 3 rings (SSSR count). The zero-order valence-electron chi connectivity index (χ0n) is 10.9. The molecule has 4 heteroatoms. The van der Waals surface area contributed by atoms with E-state index in [1.165, 1.54) is 18.2 Å². The molecule has 19 heavy (non-hydrogen) atoms. The molecule has 0 bridgehead atoms. The number of rotatable bonds is 1. The first-order chi connectivity index (χ1) is 9.12. The topological polar surface area (TPSA) is 35.5 Å². The van der Waals surface area contributed by atoms with Gasteiger partial charge >= 0.3 is 0 Å². The molecular weight excluding hydrogens is 247 g/mol. The molecule has 1 aliphatic heterocycles. The second kappa shape index (κ2) is 4.60. The lowest BCUT2D eigenvalue weighted by molar-refractivity contribution is -0.0321. The van der Waals surface area contributed by atoms with Crippen LogP contribution in [0.4, 0.5) is 4.39 Å². The van der Waals surface area contributed by atoms with Crippen molar-refractivity contribution in [1.29, 1.82) is 0 Å². The minimum absolute atomic E-state index is 0.0529. The molecule has 1 saturated carbocycles. The van der Waals surface area contributed by atoms with E-state index in [0.717, 1.165) is 25.7 Å². The molecule has 1 heterocycles.